The second-order valence-electron chi connectivity index (χ2n) is 8.52. The Bertz CT molecular complexity index is 1190. The molecular weight excluding hydrogens is 438 g/mol. The number of rotatable bonds is 4. The minimum absolute atomic E-state index is 0.00705. The lowest BCUT2D eigenvalue weighted by Gasteiger charge is -2.17. The molecule has 0 radical (unpaired) electrons. The Morgan fingerprint density at radius 2 is 1.45 bits per heavy atom. The third kappa shape index (κ3) is 2.58. The summed E-state index contributed by atoms with van der Waals surface area (Å²) >= 11 is 0. The molecule has 6 amide bonds. The first-order chi connectivity index (χ1) is 15.8. The van der Waals surface area contributed by atoms with E-state index >= 15 is 0 Å². The number of fused-ring (bicyclic) bond motifs is 6. The molecule has 1 N–H and O–H groups in total. The average molecular weight is 453 g/mol. The van der Waals surface area contributed by atoms with Crippen molar-refractivity contribution in [1.29, 1.82) is 0 Å². The van der Waals surface area contributed by atoms with Gasteiger partial charge in [-0.1, -0.05) is 12.2 Å². The van der Waals surface area contributed by atoms with Gasteiger partial charge in [0.2, 0.25) is 0 Å². The quantitative estimate of drug-likeness (QED) is 0.372. The molecule has 0 aromatic heterocycles. The van der Waals surface area contributed by atoms with Crippen molar-refractivity contribution in [3.05, 3.63) is 41.5 Å². The molecule has 168 valence electrons. The highest BCUT2D eigenvalue weighted by Crippen LogP contribution is 2.52. The first-order valence-corrected chi connectivity index (χ1v) is 10.3. The summed E-state index contributed by atoms with van der Waals surface area (Å²) in [5.41, 5.74) is -0.181. The molecule has 3 fully saturated rings. The lowest BCUT2D eigenvalue weighted by Crippen LogP contribution is -2.38. The average Bonchev–Trinajstić information content (AvgIpc) is 3.57. The smallest absolute Gasteiger partial charge is 0.286 e. The summed E-state index contributed by atoms with van der Waals surface area (Å²) < 4.78 is 0. The van der Waals surface area contributed by atoms with E-state index in [-0.39, 0.29) is 33.8 Å². The summed E-state index contributed by atoms with van der Waals surface area (Å²) in [5, 5.41) is 10.2. The molecule has 1 aromatic carbocycles. The van der Waals surface area contributed by atoms with E-state index in [1.54, 1.807) is 0 Å². The van der Waals surface area contributed by atoms with E-state index in [1.165, 1.54) is 18.2 Å². The van der Waals surface area contributed by atoms with Crippen molar-refractivity contribution in [3.63, 3.8) is 0 Å². The van der Waals surface area contributed by atoms with Crippen molar-refractivity contribution < 1.29 is 43.6 Å². The van der Waals surface area contributed by atoms with Gasteiger partial charge in [-0.25, -0.2) is 4.84 Å². The summed E-state index contributed by atoms with van der Waals surface area (Å²) in [6, 6.07) is 3.79. The molecule has 1 saturated carbocycles. The van der Waals surface area contributed by atoms with Crippen molar-refractivity contribution in [2.24, 2.45) is 23.7 Å². The van der Waals surface area contributed by atoms with E-state index in [1.807, 2.05) is 12.2 Å². The summed E-state index contributed by atoms with van der Waals surface area (Å²) in [6.07, 6.45) is 2.62. The van der Waals surface area contributed by atoms with Crippen LogP contribution in [-0.2, 0) is 24.0 Å². The van der Waals surface area contributed by atoms with E-state index in [0.29, 0.717) is 5.06 Å². The van der Waals surface area contributed by atoms with Crippen molar-refractivity contribution in [2.45, 2.75) is 18.9 Å². The van der Waals surface area contributed by atoms with Crippen LogP contribution in [0.2, 0.25) is 0 Å². The van der Waals surface area contributed by atoms with Crippen LogP contribution in [0.1, 0.15) is 33.6 Å². The standard InChI is InChI=1S/C21H15N3O9/c25-14-7-13(19(28)22(14)31)33-23-17(26)11-4-3-10(6-12(11)18(23)27)32-24-20(29)15-8-1-2-9(5-8)16(15)21(24)30/h1-4,6,8-9,13,15-16,31H,5,7H2. The highest BCUT2D eigenvalue weighted by molar-refractivity contribution is 6.21. The van der Waals surface area contributed by atoms with Crippen molar-refractivity contribution in [1.82, 2.24) is 15.2 Å². The first-order valence-electron chi connectivity index (χ1n) is 10.3. The lowest BCUT2D eigenvalue weighted by atomic mass is 9.85. The van der Waals surface area contributed by atoms with Crippen LogP contribution in [0.25, 0.3) is 0 Å². The Labute approximate surface area is 184 Å². The summed E-state index contributed by atoms with van der Waals surface area (Å²) in [6.45, 7) is 0. The molecule has 5 atom stereocenters. The van der Waals surface area contributed by atoms with Crippen LogP contribution in [0.5, 0.6) is 5.75 Å². The zero-order chi connectivity index (χ0) is 23.2. The maximum absolute atomic E-state index is 12.8. The molecule has 0 spiro atoms. The Morgan fingerprint density at radius 1 is 0.818 bits per heavy atom. The second kappa shape index (κ2) is 6.56. The fourth-order valence-corrected chi connectivity index (χ4v) is 5.22. The molecule has 12 nitrogen and oxygen atoms in total. The summed E-state index contributed by atoms with van der Waals surface area (Å²) in [5.74, 6) is -5.58. The van der Waals surface area contributed by atoms with Crippen LogP contribution in [0.3, 0.4) is 0 Å². The molecule has 33 heavy (non-hydrogen) atoms. The molecule has 2 aliphatic carbocycles. The zero-order valence-corrected chi connectivity index (χ0v) is 16.7. The number of carbonyl (C=O) groups is 6. The van der Waals surface area contributed by atoms with Crippen molar-refractivity contribution in [2.75, 3.05) is 0 Å². The van der Waals surface area contributed by atoms with Gasteiger partial charge >= 0.3 is 0 Å². The molecule has 3 heterocycles. The molecular formula is C21H15N3O9. The molecule has 12 heteroatoms. The topological polar surface area (TPSA) is 151 Å². The van der Waals surface area contributed by atoms with E-state index in [4.69, 9.17) is 9.68 Å². The van der Waals surface area contributed by atoms with Gasteiger partial charge in [-0.2, -0.15) is 5.06 Å². The van der Waals surface area contributed by atoms with E-state index in [9.17, 15) is 34.0 Å². The van der Waals surface area contributed by atoms with Crippen LogP contribution in [0, 0.1) is 23.7 Å². The molecule has 1 aromatic rings. The molecule has 2 bridgehead atoms. The van der Waals surface area contributed by atoms with Gasteiger partial charge in [-0.05, 0) is 36.5 Å². The normalized spacial score (nSPS) is 32.0. The number of hydrogen-bond donors (Lipinski definition) is 1. The van der Waals surface area contributed by atoms with Crippen LogP contribution in [-0.4, -0.2) is 61.9 Å². The fourth-order valence-electron chi connectivity index (χ4n) is 5.22. The Balaban J connectivity index is 1.21. The molecule has 5 aliphatic rings. The second-order valence-corrected chi connectivity index (χ2v) is 8.52. The van der Waals surface area contributed by atoms with Gasteiger partial charge in [0.25, 0.3) is 35.4 Å². The third-order valence-corrected chi connectivity index (χ3v) is 6.76. The van der Waals surface area contributed by atoms with Crippen molar-refractivity contribution >= 4 is 35.4 Å². The van der Waals surface area contributed by atoms with Gasteiger partial charge in [0, 0.05) is 0 Å². The minimum Gasteiger partial charge on any atom is -0.369 e. The van der Waals surface area contributed by atoms with Gasteiger partial charge in [-0.3, -0.25) is 34.0 Å². The lowest BCUT2D eigenvalue weighted by molar-refractivity contribution is -0.182. The van der Waals surface area contributed by atoms with Gasteiger partial charge in [0.15, 0.2) is 11.9 Å². The Morgan fingerprint density at radius 3 is 2.06 bits per heavy atom. The summed E-state index contributed by atoms with van der Waals surface area (Å²) in [7, 11) is 0. The molecule has 6 rings (SSSR count). The van der Waals surface area contributed by atoms with E-state index in [2.05, 4.69) is 0 Å². The largest absolute Gasteiger partial charge is 0.369 e. The highest BCUT2D eigenvalue weighted by Gasteiger charge is 2.60. The fraction of sp³-hybridized carbons (Fsp3) is 0.333. The predicted octanol–water partition coefficient (Wildman–Crippen LogP) is -0.168. The molecule has 2 saturated heterocycles. The number of carbonyl (C=O) groups excluding carboxylic acids is 6. The number of nitrogens with zero attached hydrogens (tertiary/aromatic N) is 3. The summed E-state index contributed by atoms with van der Waals surface area (Å²) in [4.78, 5) is 84.8. The van der Waals surface area contributed by atoms with Gasteiger partial charge in [-0.15, -0.1) is 10.1 Å². The van der Waals surface area contributed by atoms with Gasteiger partial charge in [0.05, 0.1) is 29.4 Å². The highest BCUT2D eigenvalue weighted by atomic mass is 16.7. The molecule has 5 unspecified atom stereocenters. The zero-order valence-electron chi connectivity index (χ0n) is 16.7. The van der Waals surface area contributed by atoms with Crippen LogP contribution in [0.15, 0.2) is 30.4 Å². The van der Waals surface area contributed by atoms with E-state index < -0.39 is 59.8 Å². The molecule has 3 aliphatic heterocycles. The Kier molecular flexibility index (Phi) is 3.93. The predicted molar refractivity (Wildman–Crippen MR) is 100 cm³/mol. The van der Waals surface area contributed by atoms with Gasteiger partial charge < -0.3 is 4.84 Å². The number of imide groups is 3. The van der Waals surface area contributed by atoms with Crippen LogP contribution in [0.4, 0.5) is 0 Å². The third-order valence-electron chi connectivity index (χ3n) is 6.76. The van der Waals surface area contributed by atoms with E-state index in [0.717, 1.165) is 11.5 Å². The van der Waals surface area contributed by atoms with Gasteiger partial charge in [0.1, 0.15) is 0 Å². The maximum Gasteiger partial charge on any atom is 0.286 e. The number of benzene rings is 1. The number of allylic oxidation sites excluding steroid dienone is 2. The maximum atomic E-state index is 12.8. The number of amides is 6. The van der Waals surface area contributed by atoms with Crippen LogP contribution < -0.4 is 4.84 Å². The SMILES string of the molecule is O=C1CC(ON2C(=O)c3ccc(ON4C(=O)C5C6C=CC(C6)C5C4=O)cc3C2=O)C(=O)N1O. The number of hydrogen-bond acceptors (Lipinski definition) is 9. The van der Waals surface area contributed by atoms with Crippen LogP contribution >= 0.6 is 0 Å². The van der Waals surface area contributed by atoms with Crippen molar-refractivity contribution in [3.8, 4) is 5.75 Å². The number of hydroxylamine groups is 6. The first kappa shape index (κ1) is 19.8. The Hall–Kier alpha value is -3.90. The minimum atomic E-state index is -1.52. The monoisotopic (exact) mass is 453 g/mol.